The highest BCUT2D eigenvalue weighted by Gasteiger charge is 2.31. The molecular weight excluding hydrogens is 292 g/mol. The van der Waals surface area contributed by atoms with E-state index in [-0.39, 0.29) is 11.8 Å². The number of carbonyl (C=O) groups is 2. The smallest absolute Gasteiger partial charge is 0.225 e. The third-order valence-electron chi connectivity index (χ3n) is 5.24. The summed E-state index contributed by atoms with van der Waals surface area (Å²) < 4.78 is 2.12. The Kier molecular flexibility index (Phi) is 4.98. The Balaban J connectivity index is 1.44. The first kappa shape index (κ1) is 16.0. The summed E-state index contributed by atoms with van der Waals surface area (Å²) in [5.74, 6) is 1.16. The first-order chi connectivity index (χ1) is 11.1. The van der Waals surface area contributed by atoms with Crippen LogP contribution in [0.5, 0.6) is 0 Å². The van der Waals surface area contributed by atoms with E-state index in [0.717, 1.165) is 58.4 Å². The quantitative estimate of drug-likeness (QED) is 0.846. The van der Waals surface area contributed by atoms with Crippen LogP contribution in [0.2, 0.25) is 0 Å². The molecule has 2 saturated heterocycles. The lowest BCUT2D eigenvalue weighted by Crippen LogP contribution is -2.46. The van der Waals surface area contributed by atoms with Gasteiger partial charge < -0.3 is 14.4 Å². The molecule has 6 heteroatoms. The average Bonchev–Trinajstić information content (AvgIpc) is 3.08. The van der Waals surface area contributed by atoms with E-state index in [1.807, 2.05) is 28.5 Å². The molecule has 0 aromatic carbocycles. The van der Waals surface area contributed by atoms with Gasteiger partial charge in [0.15, 0.2) is 0 Å². The topological polar surface area (TPSA) is 58.4 Å². The van der Waals surface area contributed by atoms with E-state index >= 15 is 0 Å². The van der Waals surface area contributed by atoms with Crippen LogP contribution in [0.3, 0.4) is 0 Å². The molecule has 0 bridgehead atoms. The number of amides is 2. The summed E-state index contributed by atoms with van der Waals surface area (Å²) in [7, 11) is 0. The van der Waals surface area contributed by atoms with Crippen LogP contribution in [0.1, 0.15) is 32.6 Å². The molecule has 1 aromatic heterocycles. The third kappa shape index (κ3) is 3.92. The summed E-state index contributed by atoms with van der Waals surface area (Å²) >= 11 is 0. The highest BCUT2D eigenvalue weighted by atomic mass is 16.2. The van der Waals surface area contributed by atoms with Gasteiger partial charge in [0, 0.05) is 58.0 Å². The van der Waals surface area contributed by atoms with Gasteiger partial charge in [-0.3, -0.25) is 9.59 Å². The summed E-state index contributed by atoms with van der Waals surface area (Å²) in [4.78, 5) is 32.0. The number of aromatic nitrogens is 2. The van der Waals surface area contributed by atoms with Crippen LogP contribution in [-0.4, -0.2) is 57.3 Å². The predicted octanol–water partition coefficient (Wildman–Crippen LogP) is 1.38. The Bertz CT molecular complexity index is 527. The number of carbonyl (C=O) groups excluding carboxylic acids is 2. The second-order valence-electron chi connectivity index (χ2n) is 6.81. The SMILES string of the molecule is CC(=O)N1CCC(C(=O)N2CCC(Cn3ccnc3)CC2)CC1. The molecule has 3 rings (SSSR count). The van der Waals surface area contributed by atoms with Gasteiger partial charge in [0.2, 0.25) is 11.8 Å². The van der Waals surface area contributed by atoms with E-state index in [9.17, 15) is 9.59 Å². The Hall–Kier alpha value is -1.85. The number of imidazole rings is 1. The summed E-state index contributed by atoms with van der Waals surface area (Å²) in [6.45, 7) is 5.79. The van der Waals surface area contributed by atoms with Crippen molar-refractivity contribution in [2.24, 2.45) is 11.8 Å². The predicted molar refractivity (Wildman–Crippen MR) is 86.5 cm³/mol. The molecule has 6 nitrogen and oxygen atoms in total. The van der Waals surface area contributed by atoms with E-state index < -0.39 is 0 Å². The zero-order valence-electron chi connectivity index (χ0n) is 13.9. The summed E-state index contributed by atoms with van der Waals surface area (Å²) in [6, 6.07) is 0. The number of likely N-dealkylation sites (tertiary alicyclic amines) is 2. The first-order valence-electron chi connectivity index (χ1n) is 8.63. The maximum Gasteiger partial charge on any atom is 0.225 e. The lowest BCUT2D eigenvalue weighted by atomic mass is 9.92. The van der Waals surface area contributed by atoms with Gasteiger partial charge in [-0.15, -0.1) is 0 Å². The second-order valence-corrected chi connectivity index (χ2v) is 6.81. The molecule has 0 atom stereocenters. The largest absolute Gasteiger partial charge is 0.343 e. The average molecular weight is 318 g/mol. The van der Waals surface area contributed by atoms with Crippen LogP contribution in [0.4, 0.5) is 0 Å². The molecule has 2 aliphatic heterocycles. The molecule has 0 N–H and O–H groups in total. The molecular formula is C17H26N4O2. The Morgan fingerprint density at radius 2 is 1.70 bits per heavy atom. The molecule has 1 aromatic rings. The summed E-state index contributed by atoms with van der Waals surface area (Å²) in [5.41, 5.74) is 0. The van der Waals surface area contributed by atoms with Crippen molar-refractivity contribution in [3.63, 3.8) is 0 Å². The van der Waals surface area contributed by atoms with Gasteiger partial charge in [-0.25, -0.2) is 4.98 Å². The van der Waals surface area contributed by atoms with E-state index in [1.165, 1.54) is 0 Å². The fourth-order valence-corrected chi connectivity index (χ4v) is 3.73. The molecule has 0 spiro atoms. The van der Waals surface area contributed by atoms with E-state index in [0.29, 0.717) is 11.8 Å². The van der Waals surface area contributed by atoms with Crippen molar-refractivity contribution in [3.8, 4) is 0 Å². The molecule has 0 radical (unpaired) electrons. The fraction of sp³-hybridized carbons (Fsp3) is 0.706. The van der Waals surface area contributed by atoms with Gasteiger partial charge in [0.1, 0.15) is 0 Å². The number of hydrogen-bond donors (Lipinski definition) is 0. The number of nitrogens with zero attached hydrogens (tertiary/aromatic N) is 4. The molecule has 3 heterocycles. The molecule has 0 saturated carbocycles. The molecule has 2 amide bonds. The summed E-state index contributed by atoms with van der Waals surface area (Å²) in [5, 5.41) is 0. The minimum atomic E-state index is 0.107. The molecule has 0 aliphatic carbocycles. The van der Waals surface area contributed by atoms with E-state index in [4.69, 9.17) is 0 Å². The van der Waals surface area contributed by atoms with Crippen LogP contribution in [-0.2, 0) is 16.1 Å². The van der Waals surface area contributed by atoms with Crippen LogP contribution in [0.15, 0.2) is 18.7 Å². The van der Waals surface area contributed by atoms with Crippen molar-refractivity contribution >= 4 is 11.8 Å². The monoisotopic (exact) mass is 318 g/mol. The van der Waals surface area contributed by atoms with Crippen molar-refractivity contribution < 1.29 is 9.59 Å². The molecule has 23 heavy (non-hydrogen) atoms. The summed E-state index contributed by atoms with van der Waals surface area (Å²) in [6.07, 6.45) is 9.43. The fourth-order valence-electron chi connectivity index (χ4n) is 3.73. The van der Waals surface area contributed by atoms with Crippen LogP contribution in [0.25, 0.3) is 0 Å². The molecule has 126 valence electrons. The lowest BCUT2D eigenvalue weighted by Gasteiger charge is -2.37. The Morgan fingerprint density at radius 3 is 2.26 bits per heavy atom. The van der Waals surface area contributed by atoms with Crippen molar-refractivity contribution in [1.82, 2.24) is 19.4 Å². The number of rotatable bonds is 3. The third-order valence-corrected chi connectivity index (χ3v) is 5.24. The van der Waals surface area contributed by atoms with Crippen LogP contribution >= 0.6 is 0 Å². The second kappa shape index (κ2) is 7.15. The molecule has 2 fully saturated rings. The molecule has 2 aliphatic rings. The van der Waals surface area contributed by atoms with Crippen molar-refractivity contribution in [2.75, 3.05) is 26.2 Å². The van der Waals surface area contributed by atoms with E-state index in [2.05, 4.69) is 9.55 Å². The number of piperidine rings is 2. The van der Waals surface area contributed by atoms with Crippen LogP contribution in [0, 0.1) is 11.8 Å². The first-order valence-corrected chi connectivity index (χ1v) is 8.63. The van der Waals surface area contributed by atoms with Gasteiger partial charge in [0.25, 0.3) is 0 Å². The maximum atomic E-state index is 12.7. The van der Waals surface area contributed by atoms with Crippen LogP contribution < -0.4 is 0 Å². The van der Waals surface area contributed by atoms with Gasteiger partial charge in [0.05, 0.1) is 6.33 Å². The zero-order valence-corrected chi connectivity index (χ0v) is 13.9. The normalized spacial score (nSPS) is 20.7. The number of hydrogen-bond acceptors (Lipinski definition) is 3. The van der Waals surface area contributed by atoms with Crippen molar-refractivity contribution in [1.29, 1.82) is 0 Å². The standard InChI is InChI=1S/C17H26N4O2/c1-14(22)20-9-4-16(5-10-20)17(23)21-7-2-15(3-8-21)12-19-11-6-18-13-19/h6,11,13,15-16H,2-5,7-10,12H2,1H3. The highest BCUT2D eigenvalue weighted by molar-refractivity contribution is 5.79. The van der Waals surface area contributed by atoms with Crippen molar-refractivity contribution in [3.05, 3.63) is 18.7 Å². The lowest BCUT2D eigenvalue weighted by molar-refractivity contribution is -0.141. The van der Waals surface area contributed by atoms with Gasteiger partial charge >= 0.3 is 0 Å². The van der Waals surface area contributed by atoms with Crippen molar-refractivity contribution in [2.45, 2.75) is 39.2 Å². The van der Waals surface area contributed by atoms with Gasteiger partial charge in [-0.05, 0) is 31.6 Å². The van der Waals surface area contributed by atoms with Gasteiger partial charge in [-0.2, -0.15) is 0 Å². The minimum absolute atomic E-state index is 0.107. The van der Waals surface area contributed by atoms with Gasteiger partial charge in [-0.1, -0.05) is 0 Å². The Morgan fingerprint density at radius 1 is 1.04 bits per heavy atom. The minimum Gasteiger partial charge on any atom is -0.343 e. The highest BCUT2D eigenvalue weighted by Crippen LogP contribution is 2.24. The maximum absolute atomic E-state index is 12.7. The zero-order chi connectivity index (χ0) is 16.2. The molecule has 0 unspecified atom stereocenters. The Labute approximate surface area is 137 Å². The van der Waals surface area contributed by atoms with E-state index in [1.54, 1.807) is 6.92 Å².